The van der Waals surface area contributed by atoms with Crippen molar-refractivity contribution >= 4 is 38.3 Å². The lowest BCUT2D eigenvalue weighted by molar-refractivity contribution is -0.117. The Morgan fingerprint density at radius 2 is 2.05 bits per heavy atom. The summed E-state index contributed by atoms with van der Waals surface area (Å²) in [6.07, 6.45) is 0. The normalized spacial score (nSPS) is 11.8. The molecule has 2 aromatic carbocycles. The number of benzene rings is 2. The van der Waals surface area contributed by atoms with Crippen LogP contribution >= 0.6 is 11.3 Å². The number of thiazole rings is 1. The van der Waals surface area contributed by atoms with Crippen molar-refractivity contribution in [3.63, 3.8) is 0 Å². The number of carbonyl (C=O) groups is 1. The molecular formula is C17H13N3OS. The van der Waals surface area contributed by atoms with Crippen LogP contribution in [0.3, 0.4) is 0 Å². The molecule has 5 heteroatoms. The van der Waals surface area contributed by atoms with Gasteiger partial charge in [-0.25, -0.2) is 9.83 Å². The fourth-order valence-electron chi connectivity index (χ4n) is 2.14. The SMILES string of the molecule is [C-]#[N+]c1ccc2nc(NC(=O)C(C)c3ccccc3)sc2c1. The van der Waals surface area contributed by atoms with E-state index >= 15 is 0 Å². The summed E-state index contributed by atoms with van der Waals surface area (Å²) in [6, 6.07) is 15.0. The Morgan fingerprint density at radius 1 is 1.27 bits per heavy atom. The van der Waals surface area contributed by atoms with Crippen molar-refractivity contribution in [3.05, 3.63) is 65.5 Å². The molecule has 0 fully saturated rings. The van der Waals surface area contributed by atoms with Crippen LogP contribution in [0.1, 0.15) is 18.4 Å². The van der Waals surface area contributed by atoms with Gasteiger partial charge in [-0.3, -0.25) is 4.79 Å². The molecule has 3 rings (SSSR count). The molecule has 0 radical (unpaired) electrons. The zero-order chi connectivity index (χ0) is 15.5. The molecule has 4 nitrogen and oxygen atoms in total. The largest absolute Gasteiger partial charge is 0.301 e. The summed E-state index contributed by atoms with van der Waals surface area (Å²) in [5.41, 5.74) is 2.34. The molecule has 0 aliphatic rings. The van der Waals surface area contributed by atoms with Gasteiger partial charge in [-0.2, -0.15) is 0 Å². The number of rotatable bonds is 3. The molecule has 1 N–H and O–H groups in total. The highest BCUT2D eigenvalue weighted by Crippen LogP contribution is 2.30. The molecule has 1 aromatic heterocycles. The van der Waals surface area contributed by atoms with E-state index in [-0.39, 0.29) is 11.8 Å². The highest BCUT2D eigenvalue weighted by atomic mass is 32.1. The van der Waals surface area contributed by atoms with Gasteiger partial charge in [-0.1, -0.05) is 47.7 Å². The van der Waals surface area contributed by atoms with Gasteiger partial charge in [0.25, 0.3) is 0 Å². The first-order chi connectivity index (χ1) is 10.7. The lowest BCUT2D eigenvalue weighted by atomic mass is 10.0. The van der Waals surface area contributed by atoms with Crippen molar-refractivity contribution in [2.75, 3.05) is 5.32 Å². The van der Waals surface area contributed by atoms with Gasteiger partial charge in [0.05, 0.1) is 18.0 Å². The lowest BCUT2D eigenvalue weighted by Gasteiger charge is -2.10. The van der Waals surface area contributed by atoms with Crippen molar-refractivity contribution in [1.29, 1.82) is 0 Å². The Balaban J connectivity index is 1.81. The van der Waals surface area contributed by atoms with E-state index in [1.165, 1.54) is 11.3 Å². The van der Waals surface area contributed by atoms with E-state index in [9.17, 15) is 4.79 Å². The Labute approximate surface area is 132 Å². The number of fused-ring (bicyclic) bond motifs is 1. The molecule has 1 amide bonds. The molecule has 0 saturated carbocycles. The van der Waals surface area contributed by atoms with E-state index in [0.29, 0.717) is 10.8 Å². The molecule has 3 aromatic rings. The van der Waals surface area contributed by atoms with Crippen LogP contribution in [0, 0.1) is 6.57 Å². The Kier molecular flexibility index (Phi) is 3.86. The summed E-state index contributed by atoms with van der Waals surface area (Å²) in [5, 5.41) is 3.42. The first-order valence-corrected chi connectivity index (χ1v) is 7.63. The molecule has 22 heavy (non-hydrogen) atoms. The zero-order valence-electron chi connectivity index (χ0n) is 11.9. The van der Waals surface area contributed by atoms with Gasteiger partial charge in [0.2, 0.25) is 5.91 Å². The van der Waals surface area contributed by atoms with Crippen LogP contribution in [0.15, 0.2) is 48.5 Å². The predicted molar refractivity (Wildman–Crippen MR) is 89.4 cm³/mol. The van der Waals surface area contributed by atoms with Crippen LogP contribution in [0.4, 0.5) is 10.8 Å². The summed E-state index contributed by atoms with van der Waals surface area (Å²) < 4.78 is 0.899. The number of anilines is 1. The Hall–Kier alpha value is -2.71. The van der Waals surface area contributed by atoms with Crippen LogP contribution in [0.5, 0.6) is 0 Å². The van der Waals surface area contributed by atoms with Crippen LogP contribution in [-0.2, 0) is 4.79 Å². The summed E-state index contributed by atoms with van der Waals surface area (Å²) in [7, 11) is 0. The van der Waals surface area contributed by atoms with Crippen LogP contribution in [0.25, 0.3) is 15.1 Å². The molecule has 1 atom stereocenters. The van der Waals surface area contributed by atoms with Crippen LogP contribution in [0.2, 0.25) is 0 Å². The molecule has 0 aliphatic heterocycles. The third kappa shape index (κ3) is 2.83. The fourth-order valence-corrected chi connectivity index (χ4v) is 3.04. The minimum absolute atomic E-state index is 0.0874. The third-order valence-electron chi connectivity index (χ3n) is 3.42. The number of carbonyl (C=O) groups excluding carboxylic acids is 1. The number of hydrogen-bond donors (Lipinski definition) is 1. The molecule has 0 spiro atoms. The second-order valence-corrected chi connectivity index (χ2v) is 5.94. The lowest BCUT2D eigenvalue weighted by Crippen LogP contribution is -2.18. The standard InChI is InChI=1S/C17H13N3OS/c1-11(12-6-4-3-5-7-12)16(21)20-17-19-14-9-8-13(18-2)10-15(14)22-17/h3-11H,1H3,(H,19,20,21). The van der Waals surface area contributed by atoms with E-state index in [4.69, 9.17) is 6.57 Å². The van der Waals surface area contributed by atoms with Gasteiger partial charge in [0.1, 0.15) is 0 Å². The zero-order valence-corrected chi connectivity index (χ0v) is 12.7. The molecule has 0 bridgehead atoms. The maximum Gasteiger partial charge on any atom is 0.233 e. The first kappa shape index (κ1) is 14.2. The Morgan fingerprint density at radius 3 is 2.77 bits per heavy atom. The van der Waals surface area contributed by atoms with E-state index < -0.39 is 0 Å². The highest BCUT2D eigenvalue weighted by Gasteiger charge is 2.16. The van der Waals surface area contributed by atoms with Gasteiger partial charge in [0, 0.05) is 4.70 Å². The van der Waals surface area contributed by atoms with Gasteiger partial charge in [-0.05, 0) is 24.6 Å². The smallest absolute Gasteiger partial charge is 0.233 e. The highest BCUT2D eigenvalue weighted by molar-refractivity contribution is 7.22. The average Bonchev–Trinajstić information content (AvgIpc) is 2.95. The number of hydrogen-bond acceptors (Lipinski definition) is 3. The summed E-state index contributed by atoms with van der Waals surface area (Å²) >= 11 is 1.38. The second-order valence-electron chi connectivity index (χ2n) is 4.90. The fraction of sp³-hybridized carbons (Fsp3) is 0.118. The summed E-state index contributed by atoms with van der Waals surface area (Å²) in [4.78, 5) is 20.1. The average molecular weight is 307 g/mol. The van der Waals surface area contributed by atoms with Crippen molar-refractivity contribution in [3.8, 4) is 0 Å². The van der Waals surface area contributed by atoms with Gasteiger partial charge in [0.15, 0.2) is 10.8 Å². The predicted octanol–water partition coefficient (Wildman–Crippen LogP) is 4.59. The minimum atomic E-state index is -0.244. The van der Waals surface area contributed by atoms with Gasteiger partial charge >= 0.3 is 0 Å². The molecule has 108 valence electrons. The van der Waals surface area contributed by atoms with Crippen molar-refractivity contribution < 1.29 is 4.79 Å². The maximum absolute atomic E-state index is 12.3. The number of nitrogens with one attached hydrogen (secondary N) is 1. The third-order valence-corrected chi connectivity index (χ3v) is 4.36. The second kappa shape index (κ2) is 5.96. The van der Waals surface area contributed by atoms with Gasteiger partial charge in [-0.15, -0.1) is 0 Å². The molecular weight excluding hydrogens is 294 g/mol. The van der Waals surface area contributed by atoms with Crippen LogP contribution in [-0.4, -0.2) is 10.9 Å². The molecule has 1 unspecified atom stereocenters. The molecule has 0 aliphatic carbocycles. The molecule has 0 saturated heterocycles. The van der Waals surface area contributed by atoms with Crippen LogP contribution < -0.4 is 5.32 Å². The van der Waals surface area contributed by atoms with Crippen molar-refractivity contribution in [2.24, 2.45) is 0 Å². The monoisotopic (exact) mass is 307 g/mol. The van der Waals surface area contributed by atoms with E-state index in [2.05, 4.69) is 15.1 Å². The topological polar surface area (TPSA) is 46.4 Å². The van der Waals surface area contributed by atoms with E-state index in [1.54, 1.807) is 18.2 Å². The minimum Gasteiger partial charge on any atom is -0.301 e. The van der Waals surface area contributed by atoms with Crippen molar-refractivity contribution in [2.45, 2.75) is 12.8 Å². The van der Waals surface area contributed by atoms with E-state index in [1.807, 2.05) is 37.3 Å². The number of amides is 1. The maximum atomic E-state index is 12.3. The first-order valence-electron chi connectivity index (χ1n) is 6.81. The van der Waals surface area contributed by atoms with E-state index in [0.717, 1.165) is 15.8 Å². The number of aromatic nitrogens is 1. The van der Waals surface area contributed by atoms with Crippen molar-refractivity contribution in [1.82, 2.24) is 4.98 Å². The summed E-state index contributed by atoms with van der Waals surface area (Å²) in [5.74, 6) is -0.331. The van der Waals surface area contributed by atoms with Gasteiger partial charge < -0.3 is 5.32 Å². The quantitative estimate of drug-likeness (QED) is 0.719. The Bertz CT molecular complexity index is 864. The summed E-state index contributed by atoms with van der Waals surface area (Å²) in [6.45, 7) is 8.90. The number of nitrogens with zero attached hydrogens (tertiary/aromatic N) is 2. The molecule has 1 heterocycles.